The van der Waals surface area contributed by atoms with Crippen molar-refractivity contribution in [2.24, 2.45) is 0 Å². The van der Waals surface area contributed by atoms with Crippen molar-refractivity contribution < 1.29 is 14.6 Å². The van der Waals surface area contributed by atoms with Crippen LogP contribution in [0.15, 0.2) is 12.2 Å². The van der Waals surface area contributed by atoms with Gasteiger partial charge < -0.3 is 9.84 Å². The van der Waals surface area contributed by atoms with Crippen molar-refractivity contribution in [1.82, 2.24) is 4.90 Å². The maximum atomic E-state index is 10.8. The second-order valence-corrected chi connectivity index (χ2v) is 4.14. The van der Waals surface area contributed by atoms with Gasteiger partial charge in [0.25, 0.3) is 0 Å². The number of nitrogens with zero attached hydrogens (tertiary/aromatic N) is 1. The van der Waals surface area contributed by atoms with Gasteiger partial charge in [-0.15, -0.1) is 0 Å². The van der Waals surface area contributed by atoms with Crippen LogP contribution in [0.4, 0.5) is 0 Å². The molecular weight excluding hydrogens is 182 g/mol. The van der Waals surface area contributed by atoms with Crippen LogP contribution in [0.5, 0.6) is 0 Å². The van der Waals surface area contributed by atoms with Crippen LogP contribution < -0.4 is 0 Å². The van der Waals surface area contributed by atoms with Crippen LogP contribution in [0.3, 0.4) is 0 Å². The highest BCUT2D eigenvalue weighted by molar-refractivity contribution is 5.88. The Bertz CT molecular complexity index is 256. The zero-order valence-electron chi connectivity index (χ0n) is 8.91. The minimum atomic E-state index is -0.943. The summed E-state index contributed by atoms with van der Waals surface area (Å²) in [7, 11) is 1.90. The molecule has 0 spiro atoms. The van der Waals surface area contributed by atoms with Gasteiger partial charge in [0.15, 0.2) is 0 Å². The summed E-state index contributed by atoms with van der Waals surface area (Å²) in [4.78, 5) is 12.8. The molecule has 0 aromatic rings. The third-order valence-corrected chi connectivity index (χ3v) is 3.05. The molecule has 0 atom stereocenters. The van der Waals surface area contributed by atoms with Gasteiger partial charge in [0.2, 0.25) is 0 Å². The lowest BCUT2D eigenvalue weighted by Crippen LogP contribution is -2.57. The van der Waals surface area contributed by atoms with Crippen molar-refractivity contribution in [3.05, 3.63) is 12.2 Å². The first-order valence-electron chi connectivity index (χ1n) is 4.60. The largest absolute Gasteiger partial charge is 0.478 e. The van der Waals surface area contributed by atoms with Gasteiger partial charge in [0.05, 0.1) is 19.3 Å². The Kier molecular flexibility index (Phi) is 2.97. The Balaban J connectivity index is 2.71. The van der Waals surface area contributed by atoms with E-state index in [-0.39, 0.29) is 5.57 Å². The van der Waals surface area contributed by atoms with E-state index in [1.165, 1.54) is 0 Å². The zero-order valence-corrected chi connectivity index (χ0v) is 8.91. The Labute approximate surface area is 84.2 Å². The minimum Gasteiger partial charge on any atom is -0.478 e. The second-order valence-electron chi connectivity index (χ2n) is 4.14. The van der Waals surface area contributed by atoms with Gasteiger partial charge >= 0.3 is 5.97 Å². The van der Waals surface area contributed by atoms with E-state index in [1.807, 2.05) is 25.8 Å². The van der Waals surface area contributed by atoms with Gasteiger partial charge in [0.1, 0.15) is 0 Å². The molecular formula is C10H17NO3. The standard InChI is InChI=1S/C10H17NO3/c1-7(9(12)13)10(2,3)11(4)8-5-14-6-8/h8H,1,5-6H2,2-4H3,(H,12,13). The van der Waals surface area contributed by atoms with Crippen molar-refractivity contribution in [3.8, 4) is 0 Å². The fourth-order valence-electron chi connectivity index (χ4n) is 1.38. The summed E-state index contributed by atoms with van der Waals surface area (Å²) in [6.07, 6.45) is 0. The molecule has 4 heteroatoms. The molecule has 0 bridgehead atoms. The van der Waals surface area contributed by atoms with Crippen molar-refractivity contribution in [3.63, 3.8) is 0 Å². The normalized spacial score (nSPS) is 18.0. The second kappa shape index (κ2) is 3.71. The van der Waals surface area contributed by atoms with Gasteiger partial charge in [-0.05, 0) is 20.9 Å². The number of rotatable bonds is 4. The molecule has 1 aliphatic heterocycles. The Morgan fingerprint density at radius 3 is 2.36 bits per heavy atom. The number of ether oxygens (including phenoxy) is 1. The van der Waals surface area contributed by atoms with Gasteiger partial charge in [0, 0.05) is 11.1 Å². The predicted octanol–water partition coefficient (Wildman–Crippen LogP) is 0.736. The monoisotopic (exact) mass is 199 g/mol. The van der Waals surface area contributed by atoms with Crippen LogP contribution in [0.1, 0.15) is 13.8 Å². The van der Waals surface area contributed by atoms with E-state index in [0.29, 0.717) is 19.3 Å². The molecule has 14 heavy (non-hydrogen) atoms. The summed E-state index contributed by atoms with van der Waals surface area (Å²) in [6.45, 7) is 8.68. The maximum Gasteiger partial charge on any atom is 0.332 e. The first-order valence-corrected chi connectivity index (χ1v) is 4.60. The average molecular weight is 199 g/mol. The lowest BCUT2D eigenvalue weighted by Gasteiger charge is -2.44. The first-order chi connectivity index (χ1) is 6.37. The molecule has 1 aliphatic rings. The van der Waals surface area contributed by atoms with E-state index in [4.69, 9.17) is 9.84 Å². The van der Waals surface area contributed by atoms with Gasteiger partial charge in [-0.2, -0.15) is 0 Å². The molecule has 1 heterocycles. The number of carboxylic acid groups (broad SMARTS) is 1. The smallest absolute Gasteiger partial charge is 0.332 e. The molecule has 0 aliphatic carbocycles. The molecule has 1 saturated heterocycles. The van der Waals surface area contributed by atoms with Crippen molar-refractivity contribution in [1.29, 1.82) is 0 Å². The topological polar surface area (TPSA) is 49.8 Å². The van der Waals surface area contributed by atoms with Crippen LogP contribution in [0.2, 0.25) is 0 Å². The number of hydrogen-bond donors (Lipinski definition) is 1. The molecule has 0 aromatic carbocycles. The maximum absolute atomic E-state index is 10.8. The van der Waals surface area contributed by atoms with Crippen LogP contribution in [0, 0.1) is 0 Å². The molecule has 1 rings (SSSR count). The number of hydrogen-bond acceptors (Lipinski definition) is 3. The number of likely N-dealkylation sites (N-methyl/N-ethyl adjacent to an activating group) is 1. The number of aliphatic carboxylic acids is 1. The Morgan fingerprint density at radius 2 is 2.07 bits per heavy atom. The highest BCUT2D eigenvalue weighted by Gasteiger charge is 2.37. The predicted molar refractivity (Wildman–Crippen MR) is 53.2 cm³/mol. The molecule has 0 unspecified atom stereocenters. The summed E-state index contributed by atoms with van der Waals surface area (Å²) in [5.74, 6) is -0.943. The van der Waals surface area contributed by atoms with Crippen molar-refractivity contribution in [2.45, 2.75) is 25.4 Å². The summed E-state index contributed by atoms with van der Waals surface area (Å²) < 4.78 is 5.07. The Hall–Kier alpha value is -0.870. The van der Waals surface area contributed by atoms with E-state index in [0.717, 1.165) is 0 Å². The minimum absolute atomic E-state index is 0.215. The third-order valence-electron chi connectivity index (χ3n) is 3.05. The fourth-order valence-corrected chi connectivity index (χ4v) is 1.38. The first kappa shape index (κ1) is 11.2. The molecule has 0 amide bonds. The van der Waals surface area contributed by atoms with E-state index in [2.05, 4.69) is 6.58 Å². The zero-order chi connectivity index (χ0) is 10.9. The lowest BCUT2D eigenvalue weighted by atomic mass is 9.91. The summed E-state index contributed by atoms with van der Waals surface area (Å²) >= 11 is 0. The van der Waals surface area contributed by atoms with Gasteiger partial charge in [-0.3, -0.25) is 4.90 Å². The van der Waals surface area contributed by atoms with E-state index in [1.54, 1.807) is 0 Å². The molecule has 0 aromatic heterocycles. The quantitative estimate of drug-likeness (QED) is 0.678. The lowest BCUT2D eigenvalue weighted by molar-refractivity contribution is -0.135. The van der Waals surface area contributed by atoms with Gasteiger partial charge in [-0.1, -0.05) is 6.58 Å². The molecule has 1 fully saturated rings. The number of carboxylic acids is 1. The molecule has 0 saturated carbocycles. The van der Waals surface area contributed by atoms with E-state index < -0.39 is 11.5 Å². The van der Waals surface area contributed by atoms with Crippen LogP contribution in [0.25, 0.3) is 0 Å². The summed E-state index contributed by atoms with van der Waals surface area (Å²) in [6, 6.07) is 0.307. The summed E-state index contributed by atoms with van der Waals surface area (Å²) in [5.41, 5.74) is -0.313. The van der Waals surface area contributed by atoms with E-state index >= 15 is 0 Å². The number of carbonyl (C=O) groups is 1. The van der Waals surface area contributed by atoms with E-state index in [9.17, 15) is 4.79 Å². The molecule has 0 radical (unpaired) electrons. The van der Waals surface area contributed by atoms with Crippen molar-refractivity contribution >= 4 is 5.97 Å². The SMILES string of the molecule is C=C(C(=O)O)C(C)(C)N(C)C1COC1. The highest BCUT2D eigenvalue weighted by atomic mass is 16.5. The molecule has 80 valence electrons. The molecule has 4 nitrogen and oxygen atoms in total. The van der Waals surface area contributed by atoms with Crippen LogP contribution in [-0.4, -0.2) is 47.8 Å². The Morgan fingerprint density at radius 1 is 1.57 bits per heavy atom. The third kappa shape index (κ3) is 1.81. The van der Waals surface area contributed by atoms with Gasteiger partial charge in [-0.25, -0.2) is 4.79 Å². The summed E-state index contributed by atoms with van der Waals surface area (Å²) in [5, 5.41) is 8.88. The van der Waals surface area contributed by atoms with Crippen LogP contribution >= 0.6 is 0 Å². The van der Waals surface area contributed by atoms with Crippen molar-refractivity contribution in [2.75, 3.05) is 20.3 Å². The van der Waals surface area contributed by atoms with Crippen LogP contribution in [-0.2, 0) is 9.53 Å². The highest BCUT2D eigenvalue weighted by Crippen LogP contribution is 2.26. The fraction of sp³-hybridized carbons (Fsp3) is 0.700. The molecule has 1 N–H and O–H groups in total. The average Bonchev–Trinajstić information content (AvgIpc) is 1.99.